The quantitative estimate of drug-likeness (QED) is 0.768. The second-order valence-electron chi connectivity index (χ2n) is 6.14. The molecule has 26 heavy (non-hydrogen) atoms. The minimum Gasteiger partial charge on any atom is -0.352 e. The third kappa shape index (κ3) is 5.93. The Bertz CT molecular complexity index is 869. The predicted octanol–water partition coefficient (Wildman–Crippen LogP) is 2.60. The van der Waals surface area contributed by atoms with Crippen molar-refractivity contribution in [3.63, 3.8) is 0 Å². The molecule has 7 heteroatoms. The van der Waals surface area contributed by atoms with Crippen molar-refractivity contribution >= 4 is 15.9 Å². The van der Waals surface area contributed by atoms with E-state index in [1.54, 1.807) is 12.1 Å². The van der Waals surface area contributed by atoms with E-state index in [2.05, 4.69) is 5.32 Å². The van der Waals surface area contributed by atoms with Crippen LogP contribution < -0.4 is 5.32 Å². The van der Waals surface area contributed by atoms with Gasteiger partial charge in [-0.1, -0.05) is 42.5 Å². The molecule has 0 aliphatic heterocycles. The van der Waals surface area contributed by atoms with Crippen molar-refractivity contribution in [3.8, 4) is 0 Å². The molecule has 5 nitrogen and oxygen atoms in total. The van der Waals surface area contributed by atoms with E-state index in [-0.39, 0.29) is 31.0 Å². The summed E-state index contributed by atoms with van der Waals surface area (Å²) in [6, 6.07) is 13.7. The van der Waals surface area contributed by atoms with Crippen LogP contribution in [0.2, 0.25) is 0 Å². The molecule has 1 N–H and O–H groups in total. The molecule has 0 aliphatic rings. The first-order valence-electron chi connectivity index (χ1n) is 8.27. The van der Waals surface area contributed by atoms with E-state index in [1.165, 1.54) is 12.1 Å². The van der Waals surface area contributed by atoms with Crippen LogP contribution in [0.5, 0.6) is 0 Å². The Hall–Kier alpha value is -2.25. The molecule has 0 aliphatic carbocycles. The number of aryl methyl sites for hydroxylation is 1. The lowest BCUT2D eigenvalue weighted by atomic mass is 10.1. The summed E-state index contributed by atoms with van der Waals surface area (Å²) in [7, 11) is -3.56. The van der Waals surface area contributed by atoms with Crippen molar-refractivity contribution < 1.29 is 17.6 Å². The van der Waals surface area contributed by atoms with Crippen molar-refractivity contribution in [2.45, 2.75) is 26.4 Å². The third-order valence-corrected chi connectivity index (χ3v) is 5.35. The van der Waals surface area contributed by atoms with Gasteiger partial charge in [-0.2, -0.15) is 4.31 Å². The molecule has 0 heterocycles. The van der Waals surface area contributed by atoms with E-state index in [0.29, 0.717) is 6.54 Å². The number of hydrogen-bond donors (Lipinski definition) is 1. The zero-order valence-corrected chi connectivity index (χ0v) is 15.7. The van der Waals surface area contributed by atoms with Gasteiger partial charge in [-0.3, -0.25) is 4.79 Å². The molecule has 0 saturated heterocycles. The first-order chi connectivity index (χ1) is 12.3. The van der Waals surface area contributed by atoms with E-state index in [9.17, 15) is 17.6 Å². The highest BCUT2D eigenvalue weighted by atomic mass is 32.2. The molecule has 1 amide bonds. The van der Waals surface area contributed by atoms with E-state index >= 15 is 0 Å². The molecule has 2 aromatic carbocycles. The molecule has 2 aromatic rings. The fourth-order valence-corrected chi connectivity index (χ4v) is 3.29. The van der Waals surface area contributed by atoms with Crippen molar-refractivity contribution in [2.75, 3.05) is 12.8 Å². The third-order valence-electron chi connectivity index (χ3n) is 4.10. The van der Waals surface area contributed by atoms with Crippen molar-refractivity contribution in [1.29, 1.82) is 0 Å². The first-order valence-corrected chi connectivity index (χ1v) is 10.1. The van der Waals surface area contributed by atoms with Gasteiger partial charge in [0.05, 0.1) is 6.26 Å². The number of rotatable bonds is 8. The highest BCUT2D eigenvalue weighted by Crippen LogP contribution is 2.13. The summed E-state index contributed by atoms with van der Waals surface area (Å²) < 4.78 is 38.8. The second kappa shape index (κ2) is 8.91. The molecule has 0 bridgehead atoms. The number of nitrogens with one attached hydrogen (secondary N) is 1. The largest absolute Gasteiger partial charge is 0.352 e. The number of benzene rings is 2. The van der Waals surface area contributed by atoms with Gasteiger partial charge in [-0.05, 0) is 24.1 Å². The first kappa shape index (κ1) is 20.1. The Morgan fingerprint density at radius 1 is 1.08 bits per heavy atom. The summed E-state index contributed by atoms with van der Waals surface area (Å²) in [5.41, 5.74) is 2.36. The van der Waals surface area contributed by atoms with Crippen LogP contribution in [0, 0.1) is 12.7 Å². The van der Waals surface area contributed by atoms with Crippen LogP contribution in [0.1, 0.15) is 23.1 Å². The Morgan fingerprint density at radius 3 is 2.31 bits per heavy atom. The zero-order valence-electron chi connectivity index (χ0n) is 14.9. The van der Waals surface area contributed by atoms with Gasteiger partial charge in [-0.15, -0.1) is 0 Å². The van der Waals surface area contributed by atoms with E-state index in [4.69, 9.17) is 0 Å². The van der Waals surface area contributed by atoms with Gasteiger partial charge in [0.1, 0.15) is 5.82 Å². The maximum atomic E-state index is 13.8. The number of carbonyl (C=O) groups excluding carboxylic acids is 1. The Kier molecular flexibility index (Phi) is 6.88. The van der Waals surface area contributed by atoms with Gasteiger partial charge < -0.3 is 5.32 Å². The minimum atomic E-state index is -3.56. The summed E-state index contributed by atoms with van der Waals surface area (Å²) >= 11 is 0. The molecule has 2 rings (SSSR count). The maximum Gasteiger partial charge on any atom is 0.221 e. The Morgan fingerprint density at radius 2 is 1.69 bits per heavy atom. The highest BCUT2D eigenvalue weighted by Gasteiger charge is 2.19. The molecule has 140 valence electrons. The topological polar surface area (TPSA) is 66.5 Å². The van der Waals surface area contributed by atoms with Crippen molar-refractivity contribution in [1.82, 2.24) is 9.62 Å². The van der Waals surface area contributed by atoms with Crippen LogP contribution in [0.15, 0.2) is 48.5 Å². The van der Waals surface area contributed by atoms with Gasteiger partial charge in [0.25, 0.3) is 0 Å². The number of hydrogen-bond acceptors (Lipinski definition) is 3. The standard InChI is InChI=1S/C19H23FN2O3S/c1-15-7-3-4-8-16(15)13-21-19(23)11-12-22(26(2,24)25)14-17-9-5-6-10-18(17)20/h3-10H,11-14H2,1-2H3,(H,21,23). The van der Waals surface area contributed by atoms with Crippen LogP contribution in [-0.2, 0) is 27.9 Å². The van der Waals surface area contributed by atoms with Gasteiger partial charge in [-0.25, -0.2) is 12.8 Å². The lowest BCUT2D eigenvalue weighted by Gasteiger charge is -2.20. The average molecular weight is 378 g/mol. The van der Waals surface area contributed by atoms with Crippen LogP contribution in [0.3, 0.4) is 0 Å². The normalized spacial score (nSPS) is 11.5. The van der Waals surface area contributed by atoms with E-state index < -0.39 is 15.8 Å². The van der Waals surface area contributed by atoms with E-state index in [1.807, 2.05) is 31.2 Å². The van der Waals surface area contributed by atoms with Gasteiger partial charge >= 0.3 is 0 Å². The van der Waals surface area contributed by atoms with Crippen molar-refractivity contribution in [2.24, 2.45) is 0 Å². The van der Waals surface area contributed by atoms with Crippen LogP contribution in [0.4, 0.5) is 4.39 Å². The maximum absolute atomic E-state index is 13.8. The monoisotopic (exact) mass is 378 g/mol. The Labute approximate surface area is 153 Å². The van der Waals surface area contributed by atoms with Gasteiger partial charge in [0.2, 0.25) is 15.9 Å². The van der Waals surface area contributed by atoms with Gasteiger partial charge in [0.15, 0.2) is 0 Å². The fraction of sp³-hybridized carbons (Fsp3) is 0.316. The molecule has 0 atom stereocenters. The summed E-state index contributed by atoms with van der Waals surface area (Å²) in [6.07, 6.45) is 1.06. The smallest absolute Gasteiger partial charge is 0.221 e. The zero-order chi connectivity index (χ0) is 19.2. The predicted molar refractivity (Wildman–Crippen MR) is 99.3 cm³/mol. The number of carbonyl (C=O) groups is 1. The van der Waals surface area contributed by atoms with Gasteiger partial charge in [0, 0.05) is 31.6 Å². The molecule has 0 saturated carbocycles. The molecule has 0 unspecified atom stereocenters. The second-order valence-corrected chi connectivity index (χ2v) is 8.12. The number of sulfonamides is 1. The molecule has 0 fully saturated rings. The van der Waals surface area contributed by atoms with Crippen LogP contribution in [-0.4, -0.2) is 31.4 Å². The Balaban J connectivity index is 1.94. The fourth-order valence-electron chi connectivity index (χ4n) is 2.50. The van der Waals surface area contributed by atoms with Crippen LogP contribution >= 0.6 is 0 Å². The summed E-state index contributed by atoms with van der Waals surface area (Å²) in [5, 5.41) is 2.79. The summed E-state index contributed by atoms with van der Waals surface area (Å²) in [4.78, 5) is 12.1. The number of halogens is 1. The highest BCUT2D eigenvalue weighted by molar-refractivity contribution is 7.88. The lowest BCUT2D eigenvalue weighted by molar-refractivity contribution is -0.121. The summed E-state index contributed by atoms with van der Waals surface area (Å²) in [6.45, 7) is 2.24. The summed E-state index contributed by atoms with van der Waals surface area (Å²) in [5.74, 6) is -0.722. The molecular formula is C19H23FN2O3S. The average Bonchev–Trinajstić information content (AvgIpc) is 2.58. The lowest BCUT2D eigenvalue weighted by Crippen LogP contribution is -2.34. The van der Waals surface area contributed by atoms with Crippen LogP contribution in [0.25, 0.3) is 0 Å². The van der Waals surface area contributed by atoms with Crippen molar-refractivity contribution in [3.05, 3.63) is 71.0 Å². The molecule has 0 aromatic heterocycles. The van der Waals surface area contributed by atoms with E-state index in [0.717, 1.165) is 21.7 Å². The minimum absolute atomic E-state index is 0.00717. The molecule has 0 spiro atoms. The number of amides is 1. The molecule has 0 radical (unpaired) electrons. The number of nitrogens with zero attached hydrogens (tertiary/aromatic N) is 1. The SMILES string of the molecule is Cc1ccccc1CNC(=O)CCN(Cc1ccccc1F)S(C)(=O)=O. The molecular weight excluding hydrogens is 355 g/mol.